The molecule has 1 saturated heterocycles. The number of anilines is 3. The Bertz CT molecular complexity index is 984. The van der Waals surface area contributed by atoms with E-state index < -0.39 is 5.82 Å². The Kier molecular flexibility index (Phi) is 10.0. The highest BCUT2D eigenvalue weighted by molar-refractivity contribution is 6.31. The molecule has 1 aliphatic rings. The van der Waals surface area contributed by atoms with Gasteiger partial charge in [0.2, 0.25) is 0 Å². The van der Waals surface area contributed by atoms with Gasteiger partial charge in [0.05, 0.1) is 32.1 Å². The van der Waals surface area contributed by atoms with Crippen molar-refractivity contribution in [3.8, 4) is 0 Å². The molecule has 1 N–H and O–H groups in total. The van der Waals surface area contributed by atoms with E-state index in [0.29, 0.717) is 30.5 Å². The molecule has 0 aliphatic carbocycles. The summed E-state index contributed by atoms with van der Waals surface area (Å²) in [5.74, 6) is 0.830. The van der Waals surface area contributed by atoms with E-state index in [1.807, 2.05) is 6.07 Å². The number of carbonyl (C=O) groups is 2. The number of hydrogen-bond acceptors (Lipinski definition) is 9. The fourth-order valence-electron chi connectivity index (χ4n) is 4.02. The van der Waals surface area contributed by atoms with E-state index in [2.05, 4.69) is 25.1 Å². The van der Waals surface area contributed by atoms with Gasteiger partial charge in [-0.05, 0) is 37.0 Å². The van der Waals surface area contributed by atoms with Crippen LogP contribution in [0.5, 0.6) is 0 Å². The molecular weight excluding hydrogens is 477 g/mol. The van der Waals surface area contributed by atoms with Gasteiger partial charge in [0.25, 0.3) is 0 Å². The van der Waals surface area contributed by atoms with Crippen LogP contribution in [-0.2, 0) is 19.1 Å². The van der Waals surface area contributed by atoms with Crippen molar-refractivity contribution < 1.29 is 23.5 Å². The fourth-order valence-corrected chi connectivity index (χ4v) is 4.20. The molecule has 1 fully saturated rings. The summed E-state index contributed by atoms with van der Waals surface area (Å²) in [6, 6.07) is 6.27. The van der Waals surface area contributed by atoms with Crippen LogP contribution in [0.1, 0.15) is 25.7 Å². The van der Waals surface area contributed by atoms with Gasteiger partial charge in [-0.25, -0.2) is 14.4 Å². The lowest BCUT2D eigenvalue weighted by atomic mass is 9.96. The van der Waals surface area contributed by atoms with Gasteiger partial charge in [0.15, 0.2) is 0 Å². The number of halogens is 2. The minimum absolute atomic E-state index is 0.0403. The van der Waals surface area contributed by atoms with Crippen LogP contribution in [0.4, 0.5) is 21.7 Å². The molecule has 0 amide bonds. The maximum atomic E-state index is 13.4. The molecule has 0 radical (unpaired) electrons. The molecule has 0 bridgehead atoms. The first-order chi connectivity index (χ1) is 16.9. The molecule has 3 rings (SSSR count). The van der Waals surface area contributed by atoms with E-state index >= 15 is 0 Å². The normalized spacial score (nSPS) is 14.1. The molecule has 0 atom stereocenters. The number of benzene rings is 1. The van der Waals surface area contributed by atoms with E-state index in [1.54, 1.807) is 6.07 Å². The standard InChI is InChI=1S/C24H31ClFN5O4/c1-34-23(32)7-9-30(10-8-24(33)35-2)15-17-5-11-31(12-6-17)22-14-21(27-16-28-22)29-18-3-4-20(26)19(25)13-18/h3-4,13-14,16-17H,5-12,15H2,1-2H3,(H,27,28,29). The quantitative estimate of drug-likeness (QED) is 0.457. The summed E-state index contributed by atoms with van der Waals surface area (Å²) >= 11 is 5.86. The Hall–Kier alpha value is -2.98. The van der Waals surface area contributed by atoms with Gasteiger partial charge in [-0.2, -0.15) is 0 Å². The molecule has 190 valence electrons. The minimum Gasteiger partial charge on any atom is -0.469 e. The topological polar surface area (TPSA) is 96.9 Å². The number of nitrogens with zero attached hydrogens (tertiary/aromatic N) is 4. The lowest BCUT2D eigenvalue weighted by Crippen LogP contribution is -2.40. The number of ether oxygens (including phenoxy) is 2. The predicted molar refractivity (Wildman–Crippen MR) is 131 cm³/mol. The average molecular weight is 508 g/mol. The highest BCUT2D eigenvalue weighted by Gasteiger charge is 2.23. The first-order valence-electron chi connectivity index (χ1n) is 11.5. The smallest absolute Gasteiger partial charge is 0.306 e. The van der Waals surface area contributed by atoms with E-state index in [-0.39, 0.29) is 29.8 Å². The molecule has 2 aromatic rings. The van der Waals surface area contributed by atoms with E-state index in [0.717, 1.165) is 38.3 Å². The van der Waals surface area contributed by atoms with E-state index in [1.165, 1.54) is 32.7 Å². The SMILES string of the molecule is COC(=O)CCN(CCC(=O)OC)CC1CCN(c2cc(Nc3ccc(F)c(Cl)c3)ncn2)CC1. The van der Waals surface area contributed by atoms with Crippen LogP contribution in [0.25, 0.3) is 0 Å². The second kappa shape index (κ2) is 13.2. The third-order valence-corrected chi connectivity index (χ3v) is 6.31. The zero-order valence-electron chi connectivity index (χ0n) is 20.0. The molecule has 1 aromatic heterocycles. The number of piperidine rings is 1. The van der Waals surface area contributed by atoms with Crippen LogP contribution in [0.15, 0.2) is 30.6 Å². The Labute approximate surface area is 209 Å². The van der Waals surface area contributed by atoms with E-state index in [4.69, 9.17) is 21.1 Å². The van der Waals surface area contributed by atoms with Crippen molar-refractivity contribution in [1.29, 1.82) is 0 Å². The second-order valence-corrected chi connectivity index (χ2v) is 8.81. The first-order valence-corrected chi connectivity index (χ1v) is 11.9. The summed E-state index contributed by atoms with van der Waals surface area (Å²) in [6.07, 6.45) is 3.97. The molecule has 0 unspecified atom stereocenters. The van der Waals surface area contributed by atoms with Crippen molar-refractivity contribution in [3.63, 3.8) is 0 Å². The summed E-state index contributed by atoms with van der Waals surface area (Å²) < 4.78 is 22.9. The predicted octanol–water partition coefficient (Wildman–Crippen LogP) is 3.66. The number of rotatable bonds is 11. The van der Waals surface area contributed by atoms with Crippen molar-refractivity contribution in [3.05, 3.63) is 41.4 Å². The molecule has 0 spiro atoms. The van der Waals surface area contributed by atoms with Crippen molar-refractivity contribution in [1.82, 2.24) is 14.9 Å². The van der Waals surface area contributed by atoms with Gasteiger partial charge < -0.3 is 24.6 Å². The maximum absolute atomic E-state index is 13.4. The Morgan fingerprint density at radius 2 is 1.77 bits per heavy atom. The lowest BCUT2D eigenvalue weighted by Gasteiger charge is -2.35. The van der Waals surface area contributed by atoms with Gasteiger partial charge >= 0.3 is 11.9 Å². The summed E-state index contributed by atoms with van der Waals surface area (Å²) in [5, 5.41) is 3.17. The van der Waals surface area contributed by atoms with Crippen LogP contribution in [0.3, 0.4) is 0 Å². The molecule has 11 heteroatoms. The number of methoxy groups -OCH3 is 2. The second-order valence-electron chi connectivity index (χ2n) is 8.40. The van der Waals surface area contributed by atoms with Gasteiger partial charge in [-0.1, -0.05) is 11.6 Å². The Morgan fingerprint density at radius 1 is 1.11 bits per heavy atom. The summed E-state index contributed by atoms with van der Waals surface area (Å²) in [7, 11) is 2.75. The molecule has 1 aromatic carbocycles. The number of nitrogens with one attached hydrogen (secondary N) is 1. The monoisotopic (exact) mass is 507 g/mol. The van der Waals surface area contributed by atoms with Crippen LogP contribution >= 0.6 is 11.6 Å². The number of carbonyl (C=O) groups excluding carboxylic acids is 2. The molecule has 2 heterocycles. The Morgan fingerprint density at radius 3 is 2.37 bits per heavy atom. The van der Waals surface area contributed by atoms with Gasteiger partial charge in [0.1, 0.15) is 23.8 Å². The highest BCUT2D eigenvalue weighted by Crippen LogP contribution is 2.26. The fraction of sp³-hybridized carbons (Fsp3) is 0.500. The number of aromatic nitrogens is 2. The molecule has 35 heavy (non-hydrogen) atoms. The van der Waals surface area contributed by atoms with Crippen molar-refractivity contribution in [2.75, 3.05) is 57.2 Å². The van der Waals surface area contributed by atoms with Crippen LogP contribution in [0, 0.1) is 11.7 Å². The van der Waals surface area contributed by atoms with Crippen molar-refractivity contribution >= 4 is 40.9 Å². The summed E-state index contributed by atoms with van der Waals surface area (Å²) in [5.41, 5.74) is 0.638. The van der Waals surface area contributed by atoms with Crippen LogP contribution in [0.2, 0.25) is 5.02 Å². The van der Waals surface area contributed by atoms with Crippen molar-refractivity contribution in [2.45, 2.75) is 25.7 Å². The lowest BCUT2D eigenvalue weighted by molar-refractivity contribution is -0.141. The maximum Gasteiger partial charge on any atom is 0.306 e. The molecule has 9 nitrogen and oxygen atoms in total. The highest BCUT2D eigenvalue weighted by atomic mass is 35.5. The third kappa shape index (κ3) is 8.32. The Balaban J connectivity index is 1.54. The minimum atomic E-state index is -0.474. The first kappa shape index (κ1) is 26.6. The van der Waals surface area contributed by atoms with Crippen LogP contribution < -0.4 is 10.2 Å². The summed E-state index contributed by atoms with van der Waals surface area (Å²) in [4.78, 5) is 36.2. The zero-order chi connectivity index (χ0) is 25.2. The zero-order valence-corrected chi connectivity index (χ0v) is 20.8. The molecule has 0 saturated carbocycles. The van der Waals surface area contributed by atoms with Gasteiger partial charge in [-0.3, -0.25) is 9.59 Å². The molecule has 1 aliphatic heterocycles. The van der Waals surface area contributed by atoms with Gasteiger partial charge in [-0.15, -0.1) is 0 Å². The van der Waals surface area contributed by atoms with Crippen molar-refractivity contribution in [2.24, 2.45) is 5.92 Å². The van der Waals surface area contributed by atoms with Crippen LogP contribution in [-0.4, -0.2) is 73.7 Å². The molecular formula is C24H31ClFN5O4. The third-order valence-electron chi connectivity index (χ3n) is 6.02. The largest absolute Gasteiger partial charge is 0.469 e. The summed E-state index contributed by atoms with van der Waals surface area (Å²) in [6.45, 7) is 3.52. The number of esters is 2. The van der Waals surface area contributed by atoms with E-state index in [9.17, 15) is 14.0 Å². The van der Waals surface area contributed by atoms with Gasteiger partial charge in [0, 0.05) is 44.5 Å². The number of hydrogen-bond donors (Lipinski definition) is 1. The average Bonchev–Trinajstić information content (AvgIpc) is 2.88.